The van der Waals surface area contributed by atoms with Gasteiger partial charge in [0.05, 0.1) is 25.4 Å². The zero-order valence-corrected chi connectivity index (χ0v) is 17.1. The molecule has 0 N–H and O–H groups in total. The highest BCUT2D eigenvalue weighted by molar-refractivity contribution is 6.70. The molecule has 0 unspecified atom stereocenters. The van der Waals surface area contributed by atoms with Gasteiger partial charge in [0, 0.05) is 0 Å². The van der Waals surface area contributed by atoms with E-state index in [0.717, 1.165) is 0 Å². The van der Waals surface area contributed by atoms with E-state index in [1.54, 1.807) is 0 Å². The monoisotopic (exact) mass is 360 g/mol. The molecular weight excluding hydrogens is 328 g/mol. The number of ether oxygens (including phenoxy) is 1. The number of hydrogen-bond acceptors (Lipinski definition) is 3. The number of benzene rings is 1. The van der Waals surface area contributed by atoms with Gasteiger partial charge in [-0.2, -0.15) is 0 Å². The molecule has 1 aliphatic rings. The van der Waals surface area contributed by atoms with Crippen molar-refractivity contribution in [3.8, 4) is 0 Å². The van der Waals surface area contributed by atoms with Gasteiger partial charge < -0.3 is 13.6 Å². The molecule has 138 valence electrons. The van der Waals surface area contributed by atoms with Gasteiger partial charge in [0.2, 0.25) is 0 Å². The van der Waals surface area contributed by atoms with E-state index in [2.05, 4.69) is 58.1 Å². The summed E-state index contributed by atoms with van der Waals surface area (Å²) in [7, 11) is -2.37. The van der Waals surface area contributed by atoms with Gasteiger partial charge in [-0.15, -0.1) is 0 Å². The quantitative estimate of drug-likeness (QED) is 0.482. The van der Waals surface area contributed by atoms with Gasteiger partial charge in [-0.1, -0.05) is 82.3 Å². The minimum atomic E-state index is -2.37. The van der Waals surface area contributed by atoms with Crippen LogP contribution >= 0.6 is 0 Å². The van der Waals surface area contributed by atoms with Crippen molar-refractivity contribution in [3.05, 3.63) is 60.2 Å². The molecule has 3 nitrogen and oxygen atoms in total. The predicted octanol–water partition coefficient (Wildman–Crippen LogP) is 5.38. The van der Waals surface area contributed by atoms with Crippen molar-refractivity contribution in [2.75, 3.05) is 6.61 Å². The fourth-order valence-electron chi connectivity index (χ4n) is 3.25. The van der Waals surface area contributed by atoms with Crippen LogP contribution in [0.5, 0.6) is 0 Å². The Morgan fingerprint density at radius 3 is 2.32 bits per heavy atom. The van der Waals surface area contributed by atoms with Crippen LogP contribution in [-0.4, -0.2) is 27.4 Å². The summed E-state index contributed by atoms with van der Waals surface area (Å²) in [6, 6.07) is 10.2. The zero-order chi connectivity index (χ0) is 18.3. The molecule has 0 bridgehead atoms. The van der Waals surface area contributed by atoms with E-state index in [1.807, 2.05) is 31.2 Å². The number of rotatable bonds is 7. The molecule has 0 saturated carbocycles. The normalized spacial score (nSPS) is 23.5. The average molecular weight is 361 g/mol. The minimum Gasteiger partial charge on any atom is -0.385 e. The summed E-state index contributed by atoms with van der Waals surface area (Å²) in [4.78, 5) is 0. The molecule has 0 fully saturated rings. The second-order valence-electron chi connectivity index (χ2n) is 7.18. The lowest BCUT2D eigenvalue weighted by Crippen LogP contribution is -2.51. The molecule has 25 heavy (non-hydrogen) atoms. The van der Waals surface area contributed by atoms with Crippen molar-refractivity contribution >= 4 is 8.56 Å². The molecule has 0 amide bonds. The fourth-order valence-corrected chi connectivity index (χ4v) is 6.93. The highest BCUT2D eigenvalue weighted by Crippen LogP contribution is 2.38. The zero-order valence-electron chi connectivity index (χ0n) is 16.1. The summed E-state index contributed by atoms with van der Waals surface area (Å²) in [5.74, 6) is 0. The van der Waals surface area contributed by atoms with Crippen LogP contribution in [0.15, 0.2) is 54.6 Å². The van der Waals surface area contributed by atoms with Gasteiger partial charge in [-0.25, -0.2) is 0 Å². The van der Waals surface area contributed by atoms with Gasteiger partial charge >= 0.3 is 8.56 Å². The van der Waals surface area contributed by atoms with Gasteiger partial charge in [-0.3, -0.25) is 0 Å². The van der Waals surface area contributed by atoms with Crippen molar-refractivity contribution < 1.29 is 13.6 Å². The molecule has 4 heteroatoms. The third-order valence-corrected chi connectivity index (χ3v) is 9.09. The van der Waals surface area contributed by atoms with E-state index in [9.17, 15) is 0 Å². The second-order valence-corrected chi connectivity index (χ2v) is 11.4. The first-order valence-electron chi connectivity index (χ1n) is 9.26. The van der Waals surface area contributed by atoms with Crippen LogP contribution in [-0.2, 0) is 20.2 Å². The average Bonchev–Trinajstić information content (AvgIpc) is 2.77. The molecule has 2 rings (SSSR count). The Morgan fingerprint density at radius 2 is 1.72 bits per heavy atom. The molecule has 1 aromatic rings. The van der Waals surface area contributed by atoms with Crippen LogP contribution in [0.3, 0.4) is 0 Å². The summed E-state index contributed by atoms with van der Waals surface area (Å²) < 4.78 is 19.1. The minimum absolute atomic E-state index is 0.0133. The topological polar surface area (TPSA) is 27.7 Å². The Labute approximate surface area is 153 Å². The number of allylic oxidation sites excluding steroid dienone is 1. The van der Waals surface area contributed by atoms with Crippen LogP contribution in [0.1, 0.15) is 40.2 Å². The van der Waals surface area contributed by atoms with E-state index < -0.39 is 8.56 Å². The highest BCUT2D eigenvalue weighted by Gasteiger charge is 2.48. The smallest absolute Gasteiger partial charge is 0.344 e. The summed E-state index contributed by atoms with van der Waals surface area (Å²) in [6.45, 7) is 12.0. The molecular formula is C21H32O3Si. The lowest BCUT2D eigenvalue weighted by molar-refractivity contribution is 0.0372. The van der Waals surface area contributed by atoms with Gasteiger partial charge in [0.25, 0.3) is 0 Å². The van der Waals surface area contributed by atoms with E-state index >= 15 is 0 Å². The molecule has 0 spiro atoms. The van der Waals surface area contributed by atoms with Crippen LogP contribution in [0.25, 0.3) is 0 Å². The summed E-state index contributed by atoms with van der Waals surface area (Å²) >= 11 is 0. The molecule has 2 atom stereocenters. The Kier molecular flexibility index (Phi) is 7.63. The third kappa shape index (κ3) is 5.38. The Bertz CT molecular complexity index is 558. The SMILES string of the molecule is C/C=C/[C@@H]1C=C[C@H](COCc2ccccc2)O[Si](C(C)C)(C(C)C)O1. The fraction of sp³-hybridized carbons (Fsp3) is 0.524. The van der Waals surface area contributed by atoms with E-state index in [4.69, 9.17) is 13.6 Å². The summed E-state index contributed by atoms with van der Waals surface area (Å²) in [5.41, 5.74) is 1.92. The molecule has 0 radical (unpaired) electrons. The van der Waals surface area contributed by atoms with Crippen LogP contribution in [0.4, 0.5) is 0 Å². The van der Waals surface area contributed by atoms with Crippen molar-refractivity contribution in [3.63, 3.8) is 0 Å². The summed E-state index contributed by atoms with van der Waals surface area (Å²) in [5, 5.41) is 0. The van der Waals surface area contributed by atoms with E-state index in [0.29, 0.717) is 24.3 Å². The van der Waals surface area contributed by atoms with Crippen molar-refractivity contribution in [2.45, 2.75) is 64.5 Å². The van der Waals surface area contributed by atoms with E-state index in [1.165, 1.54) is 5.56 Å². The second kappa shape index (κ2) is 9.48. The third-order valence-electron chi connectivity index (χ3n) is 4.56. The van der Waals surface area contributed by atoms with Crippen LogP contribution in [0, 0.1) is 0 Å². The van der Waals surface area contributed by atoms with Crippen LogP contribution < -0.4 is 0 Å². The first-order valence-corrected chi connectivity index (χ1v) is 11.2. The Balaban J connectivity index is 2.09. The molecule has 0 aliphatic carbocycles. The maximum absolute atomic E-state index is 6.61. The van der Waals surface area contributed by atoms with Gasteiger partial charge in [0.15, 0.2) is 0 Å². The molecule has 1 heterocycles. The van der Waals surface area contributed by atoms with Gasteiger partial charge in [-0.05, 0) is 23.6 Å². The first-order chi connectivity index (χ1) is 12.0. The Hall–Kier alpha value is -1.20. The first kappa shape index (κ1) is 20.1. The molecule has 1 aliphatic heterocycles. The van der Waals surface area contributed by atoms with Crippen LogP contribution in [0.2, 0.25) is 11.1 Å². The Morgan fingerprint density at radius 1 is 1.04 bits per heavy atom. The van der Waals surface area contributed by atoms with Gasteiger partial charge in [0.1, 0.15) is 0 Å². The maximum Gasteiger partial charge on any atom is 0.344 e. The van der Waals surface area contributed by atoms with Crippen molar-refractivity contribution in [1.82, 2.24) is 0 Å². The molecule has 0 saturated heterocycles. The molecule has 1 aromatic carbocycles. The lowest BCUT2D eigenvalue weighted by atomic mass is 10.2. The highest BCUT2D eigenvalue weighted by atomic mass is 28.4. The van der Waals surface area contributed by atoms with Crippen molar-refractivity contribution in [2.24, 2.45) is 0 Å². The lowest BCUT2D eigenvalue weighted by Gasteiger charge is -2.39. The van der Waals surface area contributed by atoms with E-state index in [-0.39, 0.29) is 12.2 Å². The van der Waals surface area contributed by atoms with Crippen molar-refractivity contribution in [1.29, 1.82) is 0 Å². The largest absolute Gasteiger partial charge is 0.385 e. The maximum atomic E-state index is 6.61. The summed E-state index contributed by atoms with van der Waals surface area (Å²) in [6.07, 6.45) is 8.28. The molecule has 0 aromatic heterocycles. The predicted molar refractivity (Wildman–Crippen MR) is 106 cm³/mol. The standard InChI is InChI=1S/C21H32O3Si/c1-6-10-20-13-14-21(16-22-15-19-11-8-7-9-12-19)24-25(23-20,17(2)3)18(4)5/h6-14,17-18,20-21H,15-16H2,1-5H3/b10-6+/t20-,21-/m1/s1. The number of hydrogen-bond donors (Lipinski definition) is 0.